The maximum atomic E-state index is 3.47. The normalized spacial score (nSPS) is 10.8. The number of rotatable bonds is 24. The molecule has 0 aromatic heterocycles. The van der Waals surface area contributed by atoms with Gasteiger partial charge in [-0.1, -0.05) is 187 Å². The summed E-state index contributed by atoms with van der Waals surface area (Å²) >= 11 is 6.95. The van der Waals surface area contributed by atoms with Gasteiger partial charge in [0, 0.05) is 10.7 Å². The molecule has 0 fully saturated rings. The summed E-state index contributed by atoms with van der Waals surface area (Å²) in [5.74, 6) is 0. The number of hydrogen-bond donors (Lipinski definition) is 0. The summed E-state index contributed by atoms with van der Waals surface area (Å²) in [6, 6.07) is 0. The van der Waals surface area contributed by atoms with E-state index in [1.54, 1.807) is 0 Å². The molecule has 0 spiro atoms. The zero-order valence-corrected chi connectivity index (χ0v) is 24.3. The second-order valence-corrected chi connectivity index (χ2v) is 10.7. The van der Waals surface area contributed by atoms with E-state index in [0.717, 1.165) is 0 Å². The van der Waals surface area contributed by atoms with Crippen molar-refractivity contribution in [3.05, 3.63) is 0 Å². The predicted octanol–water partition coefficient (Wildman–Crippen LogP) is 12.2. The molecule has 0 aromatic carbocycles. The minimum absolute atomic E-state index is 1.18. The van der Waals surface area contributed by atoms with Crippen LogP contribution >= 0.6 is 31.9 Å². The molecule has 0 heterocycles. The Bertz CT molecular complexity index is 205. The predicted molar refractivity (Wildman–Crippen MR) is 150 cm³/mol. The van der Waals surface area contributed by atoms with Crippen LogP contribution in [0.25, 0.3) is 0 Å². The Morgan fingerprint density at radius 1 is 0.267 bits per heavy atom. The molecule has 0 N–H and O–H groups in total. The van der Waals surface area contributed by atoms with E-state index in [1.165, 1.54) is 165 Å². The van der Waals surface area contributed by atoms with Crippen molar-refractivity contribution < 1.29 is 0 Å². The number of halogens is 2. The van der Waals surface area contributed by atoms with E-state index >= 15 is 0 Å². The Morgan fingerprint density at radius 3 is 0.600 bits per heavy atom. The molecule has 0 radical (unpaired) electrons. The highest BCUT2D eigenvalue weighted by Crippen LogP contribution is 2.13. The molecule has 0 bridgehead atoms. The summed E-state index contributed by atoms with van der Waals surface area (Å²) in [7, 11) is 0. The fraction of sp³-hybridized carbons (Fsp3) is 1.00. The van der Waals surface area contributed by atoms with Gasteiger partial charge in [-0.05, 0) is 12.8 Å². The number of hydrogen-bond acceptors (Lipinski definition) is 0. The average Bonchev–Trinajstić information content (AvgIpc) is 2.76. The summed E-state index contributed by atoms with van der Waals surface area (Å²) in [4.78, 5) is 0. The Morgan fingerprint density at radius 2 is 0.433 bits per heavy atom. The van der Waals surface area contributed by atoms with Crippen LogP contribution in [0.2, 0.25) is 0 Å². The van der Waals surface area contributed by atoms with Crippen LogP contribution in [0.3, 0.4) is 0 Å². The molecule has 0 saturated heterocycles. The van der Waals surface area contributed by atoms with Crippen molar-refractivity contribution >= 4 is 31.9 Å². The van der Waals surface area contributed by atoms with Crippen molar-refractivity contribution in [3.63, 3.8) is 0 Å². The third-order valence-corrected chi connectivity index (χ3v) is 7.10. The maximum absolute atomic E-state index is 3.47. The second kappa shape index (κ2) is 34.6. The molecule has 2 heteroatoms. The summed E-state index contributed by atoms with van der Waals surface area (Å²) in [5, 5.41) is 2.37. The fourth-order valence-electron chi connectivity index (χ4n) is 3.87. The first-order valence-electron chi connectivity index (χ1n) is 13.9. The molecule has 0 aliphatic rings. The molecular formula is C28H58Br2. The minimum Gasteiger partial charge on any atom is -0.0928 e. The molecule has 0 nitrogen and oxygen atoms in total. The first kappa shape index (κ1) is 33.1. The SMILES string of the molecule is CCCCCCCCCCCCCCBr.CCCCCCCCCCCCCCBr. The summed E-state index contributed by atoms with van der Waals surface area (Å²) in [6.07, 6.45) is 34.6. The van der Waals surface area contributed by atoms with Crippen LogP contribution in [0.5, 0.6) is 0 Å². The summed E-state index contributed by atoms with van der Waals surface area (Å²) in [6.45, 7) is 4.57. The quantitative estimate of drug-likeness (QED) is 0.0822. The van der Waals surface area contributed by atoms with Crippen molar-refractivity contribution in [1.29, 1.82) is 0 Å². The van der Waals surface area contributed by atoms with Crippen LogP contribution in [0.1, 0.15) is 168 Å². The van der Waals surface area contributed by atoms with Crippen molar-refractivity contribution in [3.8, 4) is 0 Å². The lowest BCUT2D eigenvalue weighted by Gasteiger charge is -2.01. The second-order valence-electron chi connectivity index (χ2n) is 9.16. The highest BCUT2D eigenvalue weighted by Gasteiger charge is 1.93. The highest BCUT2D eigenvalue weighted by atomic mass is 79.9. The van der Waals surface area contributed by atoms with Crippen LogP contribution < -0.4 is 0 Å². The zero-order valence-electron chi connectivity index (χ0n) is 21.1. The monoisotopic (exact) mass is 552 g/mol. The molecular weight excluding hydrogens is 496 g/mol. The van der Waals surface area contributed by atoms with Gasteiger partial charge in [0.25, 0.3) is 0 Å². The molecule has 0 saturated carbocycles. The van der Waals surface area contributed by atoms with Gasteiger partial charge in [0.1, 0.15) is 0 Å². The van der Waals surface area contributed by atoms with E-state index in [4.69, 9.17) is 0 Å². The third-order valence-electron chi connectivity index (χ3n) is 5.97. The molecule has 184 valence electrons. The third kappa shape index (κ3) is 36.3. The van der Waals surface area contributed by atoms with Crippen molar-refractivity contribution in [1.82, 2.24) is 0 Å². The van der Waals surface area contributed by atoms with E-state index in [-0.39, 0.29) is 0 Å². The van der Waals surface area contributed by atoms with Crippen molar-refractivity contribution in [2.24, 2.45) is 0 Å². The molecule has 0 atom stereocenters. The average molecular weight is 555 g/mol. The van der Waals surface area contributed by atoms with E-state index in [2.05, 4.69) is 45.7 Å². The van der Waals surface area contributed by atoms with Crippen LogP contribution in [-0.2, 0) is 0 Å². The molecule has 0 unspecified atom stereocenters. The highest BCUT2D eigenvalue weighted by molar-refractivity contribution is 9.09. The van der Waals surface area contributed by atoms with Crippen LogP contribution in [-0.4, -0.2) is 10.7 Å². The number of alkyl halides is 2. The van der Waals surface area contributed by atoms with Crippen LogP contribution in [0.4, 0.5) is 0 Å². The first-order valence-corrected chi connectivity index (χ1v) is 16.2. The smallest absolute Gasteiger partial charge is 0.00313 e. The van der Waals surface area contributed by atoms with Gasteiger partial charge in [-0.15, -0.1) is 0 Å². The van der Waals surface area contributed by atoms with E-state index < -0.39 is 0 Å². The molecule has 0 aromatic rings. The lowest BCUT2D eigenvalue weighted by atomic mass is 10.1. The topological polar surface area (TPSA) is 0 Å². The largest absolute Gasteiger partial charge is 0.0928 e. The van der Waals surface area contributed by atoms with Gasteiger partial charge < -0.3 is 0 Å². The molecule has 0 aliphatic carbocycles. The lowest BCUT2D eigenvalue weighted by molar-refractivity contribution is 0.548. The van der Waals surface area contributed by atoms with Gasteiger partial charge in [-0.2, -0.15) is 0 Å². The Kier molecular flexibility index (Phi) is 38.2. The van der Waals surface area contributed by atoms with Crippen LogP contribution in [0, 0.1) is 0 Å². The van der Waals surface area contributed by atoms with Gasteiger partial charge in [-0.3, -0.25) is 0 Å². The van der Waals surface area contributed by atoms with Crippen molar-refractivity contribution in [2.45, 2.75) is 168 Å². The Balaban J connectivity index is 0. The van der Waals surface area contributed by atoms with Gasteiger partial charge in [0.05, 0.1) is 0 Å². The minimum atomic E-state index is 1.18. The fourth-order valence-corrected chi connectivity index (χ4v) is 4.66. The van der Waals surface area contributed by atoms with Gasteiger partial charge in [-0.25, -0.2) is 0 Å². The maximum Gasteiger partial charge on any atom is 0.00313 e. The van der Waals surface area contributed by atoms with Gasteiger partial charge in [0.2, 0.25) is 0 Å². The van der Waals surface area contributed by atoms with E-state index in [1.807, 2.05) is 0 Å². The zero-order chi connectivity index (χ0) is 22.4. The van der Waals surface area contributed by atoms with Crippen LogP contribution in [0.15, 0.2) is 0 Å². The Hall–Kier alpha value is 0.960. The molecule has 0 amide bonds. The van der Waals surface area contributed by atoms with Gasteiger partial charge >= 0.3 is 0 Å². The Labute approximate surface area is 209 Å². The molecule has 0 aliphatic heterocycles. The molecule has 0 rings (SSSR count). The van der Waals surface area contributed by atoms with Crippen molar-refractivity contribution in [2.75, 3.05) is 10.7 Å². The summed E-state index contributed by atoms with van der Waals surface area (Å²) in [5.41, 5.74) is 0. The summed E-state index contributed by atoms with van der Waals surface area (Å²) < 4.78 is 0. The van der Waals surface area contributed by atoms with Gasteiger partial charge in [0.15, 0.2) is 0 Å². The first-order chi connectivity index (χ1) is 14.8. The standard InChI is InChI=1S/2C14H29Br/c2*1-2-3-4-5-6-7-8-9-10-11-12-13-14-15/h2*2-14H2,1H3. The van der Waals surface area contributed by atoms with E-state index in [9.17, 15) is 0 Å². The lowest BCUT2D eigenvalue weighted by Crippen LogP contribution is -1.82. The van der Waals surface area contributed by atoms with E-state index in [0.29, 0.717) is 0 Å². The number of unbranched alkanes of at least 4 members (excludes halogenated alkanes) is 22. The molecule has 30 heavy (non-hydrogen) atoms.